The first-order valence-electron chi connectivity index (χ1n) is 6.60. The highest BCUT2D eigenvalue weighted by Crippen LogP contribution is 2.27. The quantitative estimate of drug-likeness (QED) is 0.635. The molecule has 0 aliphatic rings. The van der Waals surface area contributed by atoms with Crippen molar-refractivity contribution in [2.75, 3.05) is 26.2 Å². The third kappa shape index (κ3) is 4.81. The van der Waals surface area contributed by atoms with Gasteiger partial charge in [0, 0.05) is 25.7 Å². The van der Waals surface area contributed by atoms with Crippen molar-refractivity contribution in [2.24, 2.45) is 11.1 Å². The van der Waals surface area contributed by atoms with Crippen LogP contribution in [-0.4, -0.2) is 42.3 Å². The smallest absolute Gasteiger partial charge is 0.0443 e. The van der Waals surface area contributed by atoms with E-state index >= 15 is 0 Å². The lowest BCUT2D eigenvalue weighted by Gasteiger charge is -2.38. The highest BCUT2D eigenvalue weighted by atomic mass is 16.3. The molecule has 0 atom stereocenters. The number of rotatable bonds is 9. The van der Waals surface area contributed by atoms with E-state index in [9.17, 15) is 0 Å². The Morgan fingerprint density at radius 1 is 1.25 bits per heavy atom. The first kappa shape index (κ1) is 15.9. The first-order valence-corrected chi connectivity index (χ1v) is 6.60. The molecule has 0 aromatic heterocycles. The molecular formula is C13H30N2O. The summed E-state index contributed by atoms with van der Waals surface area (Å²) < 4.78 is 0. The number of nitrogens with two attached hydrogens (primary N) is 1. The lowest BCUT2D eigenvalue weighted by Crippen LogP contribution is -2.45. The SMILES string of the molecule is CCC(CC)(CN)CN(CCCO)C(C)C. The first-order chi connectivity index (χ1) is 7.55. The molecule has 0 fully saturated rings. The topological polar surface area (TPSA) is 49.5 Å². The number of hydrogen-bond donors (Lipinski definition) is 2. The lowest BCUT2D eigenvalue weighted by atomic mass is 9.81. The molecule has 0 aromatic carbocycles. The maximum Gasteiger partial charge on any atom is 0.0443 e. The predicted octanol–water partition coefficient (Wildman–Crippen LogP) is 1.84. The van der Waals surface area contributed by atoms with Crippen LogP contribution in [0.15, 0.2) is 0 Å². The summed E-state index contributed by atoms with van der Waals surface area (Å²) in [6, 6.07) is 0.524. The molecule has 0 unspecified atom stereocenters. The molecule has 16 heavy (non-hydrogen) atoms. The maximum absolute atomic E-state index is 8.92. The highest BCUT2D eigenvalue weighted by molar-refractivity contribution is 4.82. The number of hydrogen-bond acceptors (Lipinski definition) is 3. The Kier molecular flexibility index (Phi) is 7.98. The molecule has 3 heteroatoms. The summed E-state index contributed by atoms with van der Waals surface area (Å²) in [4.78, 5) is 2.44. The molecule has 0 radical (unpaired) electrons. The number of aliphatic hydroxyl groups excluding tert-OH is 1. The van der Waals surface area contributed by atoms with Gasteiger partial charge in [0.15, 0.2) is 0 Å². The molecule has 0 rings (SSSR count). The zero-order valence-corrected chi connectivity index (χ0v) is 11.5. The van der Waals surface area contributed by atoms with Crippen molar-refractivity contribution in [2.45, 2.75) is 53.0 Å². The summed E-state index contributed by atoms with van der Waals surface area (Å²) >= 11 is 0. The van der Waals surface area contributed by atoms with E-state index in [0.717, 1.165) is 38.9 Å². The summed E-state index contributed by atoms with van der Waals surface area (Å²) in [5.74, 6) is 0. The average molecular weight is 230 g/mol. The van der Waals surface area contributed by atoms with Gasteiger partial charge in [-0.25, -0.2) is 0 Å². The van der Waals surface area contributed by atoms with Crippen molar-refractivity contribution in [3.05, 3.63) is 0 Å². The van der Waals surface area contributed by atoms with Gasteiger partial charge in [0.2, 0.25) is 0 Å². The van der Waals surface area contributed by atoms with Crippen molar-refractivity contribution >= 4 is 0 Å². The Balaban J connectivity index is 4.44. The third-order valence-electron chi connectivity index (χ3n) is 3.81. The van der Waals surface area contributed by atoms with Crippen molar-refractivity contribution in [1.29, 1.82) is 0 Å². The van der Waals surface area contributed by atoms with Crippen molar-refractivity contribution < 1.29 is 5.11 Å². The van der Waals surface area contributed by atoms with Crippen LogP contribution in [0, 0.1) is 5.41 Å². The van der Waals surface area contributed by atoms with Crippen LogP contribution in [0.3, 0.4) is 0 Å². The summed E-state index contributed by atoms with van der Waals surface area (Å²) in [5.41, 5.74) is 6.18. The Morgan fingerprint density at radius 2 is 1.81 bits per heavy atom. The molecule has 3 N–H and O–H groups in total. The van der Waals surface area contributed by atoms with Crippen LogP contribution in [0.2, 0.25) is 0 Å². The van der Waals surface area contributed by atoms with Crippen molar-refractivity contribution in [1.82, 2.24) is 4.90 Å². The Labute approximate surface area is 101 Å². The molecule has 98 valence electrons. The van der Waals surface area contributed by atoms with Crippen LogP contribution >= 0.6 is 0 Å². The van der Waals surface area contributed by atoms with Crippen molar-refractivity contribution in [3.63, 3.8) is 0 Å². The predicted molar refractivity (Wildman–Crippen MR) is 70.5 cm³/mol. The standard InChI is InChI=1S/C13H30N2O/c1-5-13(6-2,10-14)11-15(12(3)4)8-7-9-16/h12,16H,5-11,14H2,1-4H3. The molecule has 0 heterocycles. The molecule has 0 aromatic rings. The van der Waals surface area contributed by atoms with Gasteiger partial charge >= 0.3 is 0 Å². The molecule has 0 aliphatic carbocycles. The maximum atomic E-state index is 8.92. The normalized spacial score (nSPS) is 12.8. The second-order valence-electron chi connectivity index (χ2n) is 5.05. The van der Waals surface area contributed by atoms with Gasteiger partial charge in [0.05, 0.1) is 0 Å². The zero-order valence-electron chi connectivity index (χ0n) is 11.5. The largest absolute Gasteiger partial charge is 0.396 e. The zero-order chi connectivity index (χ0) is 12.6. The summed E-state index contributed by atoms with van der Waals surface area (Å²) in [6.07, 6.45) is 3.11. The second-order valence-corrected chi connectivity index (χ2v) is 5.05. The number of aliphatic hydroxyl groups is 1. The van der Waals surface area contributed by atoms with Gasteiger partial charge in [-0.2, -0.15) is 0 Å². The average Bonchev–Trinajstić information content (AvgIpc) is 2.30. The monoisotopic (exact) mass is 230 g/mol. The van der Waals surface area contributed by atoms with Crippen LogP contribution in [0.4, 0.5) is 0 Å². The van der Waals surface area contributed by atoms with Gasteiger partial charge in [-0.15, -0.1) is 0 Å². The van der Waals surface area contributed by atoms with Gasteiger partial charge in [0.25, 0.3) is 0 Å². The molecule has 0 spiro atoms. The van der Waals surface area contributed by atoms with Crippen LogP contribution in [0.5, 0.6) is 0 Å². The summed E-state index contributed by atoms with van der Waals surface area (Å²) in [5, 5.41) is 8.92. The van der Waals surface area contributed by atoms with E-state index in [1.54, 1.807) is 0 Å². The van der Waals surface area contributed by atoms with E-state index < -0.39 is 0 Å². The molecule has 0 bridgehead atoms. The summed E-state index contributed by atoms with van der Waals surface area (Å²) in [6.45, 7) is 11.9. The van der Waals surface area contributed by atoms with Crippen LogP contribution < -0.4 is 5.73 Å². The molecule has 0 saturated heterocycles. The van der Waals surface area contributed by atoms with Crippen LogP contribution in [0.25, 0.3) is 0 Å². The number of nitrogens with zero attached hydrogens (tertiary/aromatic N) is 1. The van der Waals surface area contributed by atoms with Gasteiger partial charge in [-0.3, -0.25) is 0 Å². The van der Waals surface area contributed by atoms with E-state index in [2.05, 4.69) is 32.6 Å². The molecule has 0 aliphatic heterocycles. The van der Waals surface area contributed by atoms with Gasteiger partial charge in [-0.05, 0) is 45.1 Å². The Morgan fingerprint density at radius 3 is 2.12 bits per heavy atom. The third-order valence-corrected chi connectivity index (χ3v) is 3.81. The fourth-order valence-corrected chi connectivity index (χ4v) is 2.05. The second kappa shape index (κ2) is 8.04. The minimum Gasteiger partial charge on any atom is -0.396 e. The van der Waals surface area contributed by atoms with Gasteiger partial charge in [0.1, 0.15) is 0 Å². The Bertz CT molecular complexity index is 159. The minimum absolute atomic E-state index is 0.250. The molecule has 0 saturated carbocycles. The summed E-state index contributed by atoms with van der Waals surface area (Å²) in [7, 11) is 0. The van der Waals surface area contributed by atoms with Crippen molar-refractivity contribution in [3.8, 4) is 0 Å². The molecule has 3 nitrogen and oxygen atoms in total. The highest BCUT2D eigenvalue weighted by Gasteiger charge is 2.27. The minimum atomic E-state index is 0.250. The van der Waals surface area contributed by atoms with E-state index in [0.29, 0.717) is 6.04 Å². The van der Waals surface area contributed by atoms with Gasteiger partial charge in [-0.1, -0.05) is 13.8 Å². The van der Waals surface area contributed by atoms with Crippen LogP contribution in [0.1, 0.15) is 47.0 Å². The fourth-order valence-electron chi connectivity index (χ4n) is 2.05. The van der Waals surface area contributed by atoms with E-state index in [1.165, 1.54) is 0 Å². The van der Waals surface area contributed by atoms with E-state index in [-0.39, 0.29) is 12.0 Å². The molecular weight excluding hydrogens is 200 g/mol. The Hall–Kier alpha value is -0.120. The van der Waals surface area contributed by atoms with E-state index in [4.69, 9.17) is 10.8 Å². The van der Waals surface area contributed by atoms with E-state index in [1.807, 2.05) is 0 Å². The fraction of sp³-hybridized carbons (Fsp3) is 1.00. The molecule has 0 amide bonds. The van der Waals surface area contributed by atoms with Crippen LogP contribution in [-0.2, 0) is 0 Å². The lowest BCUT2D eigenvalue weighted by molar-refractivity contribution is 0.109. The van der Waals surface area contributed by atoms with Gasteiger partial charge < -0.3 is 15.7 Å².